The zero-order valence-corrected chi connectivity index (χ0v) is 9.60. The molecular weight excluding hydrogens is 204 g/mol. The van der Waals surface area contributed by atoms with E-state index in [1.807, 2.05) is 20.0 Å². The molecule has 1 aliphatic rings. The summed E-state index contributed by atoms with van der Waals surface area (Å²) >= 11 is 0. The number of pyridine rings is 1. The quantitative estimate of drug-likeness (QED) is 0.776. The van der Waals surface area contributed by atoms with Gasteiger partial charge in [0.2, 0.25) is 5.88 Å². The van der Waals surface area contributed by atoms with Crippen LogP contribution in [-0.2, 0) is 0 Å². The highest BCUT2D eigenvalue weighted by molar-refractivity contribution is 5.66. The number of aromatic nitrogens is 1. The van der Waals surface area contributed by atoms with Crippen molar-refractivity contribution < 1.29 is 9.84 Å². The third-order valence-corrected chi connectivity index (χ3v) is 2.60. The van der Waals surface area contributed by atoms with E-state index in [0.29, 0.717) is 12.5 Å². The van der Waals surface area contributed by atoms with Gasteiger partial charge in [0.05, 0.1) is 6.54 Å². The van der Waals surface area contributed by atoms with Crippen LogP contribution in [0, 0.1) is 0 Å². The first-order valence-corrected chi connectivity index (χ1v) is 5.46. The molecule has 0 saturated heterocycles. The minimum Gasteiger partial charge on any atom is -0.508 e. The van der Waals surface area contributed by atoms with Crippen LogP contribution < -0.4 is 9.64 Å². The molecule has 0 atom stereocenters. The molecule has 16 heavy (non-hydrogen) atoms. The summed E-state index contributed by atoms with van der Waals surface area (Å²) in [6.45, 7) is 3.49. The van der Waals surface area contributed by atoms with E-state index in [1.54, 1.807) is 12.3 Å². The fourth-order valence-corrected chi connectivity index (χ4v) is 1.68. The average Bonchev–Trinajstić information content (AvgIpc) is 2.29. The Hall–Kier alpha value is -1.71. The predicted octanol–water partition coefficient (Wildman–Crippen LogP) is 2.22. The molecule has 0 aromatic carbocycles. The van der Waals surface area contributed by atoms with Crippen LogP contribution in [-0.4, -0.2) is 30.3 Å². The van der Waals surface area contributed by atoms with Gasteiger partial charge in [0, 0.05) is 18.8 Å². The van der Waals surface area contributed by atoms with Gasteiger partial charge in [0.25, 0.3) is 0 Å². The number of aliphatic hydroxyl groups is 1. The van der Waals surface area contributed by atoms with Crippen LogP contribution >= 0.6 is 0 Å². The topological polar surface area (TPSA) is 45.6 Å². The van der Waals surface area contributed by atoms with E-state index < -0.39 is 0 Å². The second kappa shape index (κ2) is 4.43. The van der Waals surface area contributed by atoms with E-state index in [1.165, 1.54) is 0 Å². The predicted molar refractivity (Wildman–Crippen MR) is 63.9 cm³/mol. The number of likely N-dealkylation sites (N-methyl/N-ethyl adjacent to an activating group) is 1. The number of rotatable bonds is 2. The molecule has 86 valence electrons. The molecule has 2 rings (SSSR count). The summed E-state index contributed by atoms with van der Waals surface area (Å²) in [7, 11) is 1.99. The third kappa shape index (κ3) is 1.96. The fraction of sp³-hybridized carbons (Fsp3) is 0.417. The van der Waals surface area contributed by atoms with Crippen molar-refractivity contribution >= 4 is 11.4 Å². The smallest absolute Gasteiger partial charge is 0.237 e. The minimum atomic E-state index is 0.275. The molecule has 1 aromatic rings. The lowest BCUT2D eigenvalue weighted by atomic mass is 10.2. The molecule has 0 aliphatic carbocycles. The molecule has 2 heterocycles. The largest absolute Gasteiger partial charge is 0.508 e. The van der Waals surface area contributed by atoms with E-state index in [-0.39, 0.29) is 5.76 Å². The number of allylic oxidation sites excluding steroid dienone is 1. The lowest BCUT2D eigenvalue weighted by Crippen LogP contribution is -2.29. The lowest BCUT2D eigenvalue weighted by Gasteiger charge is -2.26. The van der Waals surface area contributed by atoms with E-state index in [9.17, 15) is 5.11 Å². The Balaban J connectivity index is 2.37. The number of fused-ring (bicyclic) bond motifs is 1. The van der Waals surface area contributed by atoms with Crippen molar-refractivity contribution in [2.24, 2.45) is 0 Å². The minimum absolute atomic E-state index is 0.275. The lowest BCUT2D eigenvalue weighted by molar-refractivity contribution is 0.298. The molecular formula is C12H16N2O2. The van der Waals surface area contributed by atoms with Gasteiger partial charge in [-0.25, -0.2) is 4.98 Å². The number of ether oxygens (including phenoxy) is 1. The van der Waals surface area contributed by atoms with Crippen LogP contribution in [0.3, 0.4) is 0 Å². The maximum absolute atomic E-state index is 9.77. The number of hydrogen-bond donors (Lipinski definition) is 1. The summed E-state index contributed by atoms with van der Waals surface area (Å²) in [5, 5.41) is 9.77. The highest BCUT2D eigenvalue weighted by atomic mass is 16.5. The van der Waals surface area contributed by atoms with E-state index in [4.69, 9.17) is 4.74 Å². The second-order valence-corrected chi connectivity index (χ2v) is 3.82. The Morgan fingerprint density at radius 3 is 3.25 bits per heavy atom. The second-order valence-electron chi connectivity index (χ2n) is 3.82. The SMILES string of the molecule is CC/C=C(\O)c1cnc2c(c1)N(C)CCO2. The molecule has 0 spiro atoms. The van der Waals surface area contributed by atoms with Gasteiger partial charge in [-0.3, -0.25) is 0 Å². The summed E-state index contributed by atoms with van der Waals surface area (Å²) in [6, 6.07) is 1.91. The Labute approximate surface area is 95.2 Å². The highest BCUT2D eigenvalue weighted by Crippen LogP contribution is 2.30. The Kier molecular flexibility index (Phi) is 2.99. The number of aliphatic hydroxyl groups excluding tert-OH is 1. The first-order chi connectivity index (χ1) is 7.72. The van der Waals surface area contributed by atoms with E-state index >= 15 is 0 Å². The zero-order valence-electron chi connectivity index (χ0n) is 9.60. The molecule has 1 N–H and O–H groups in total. The van der Waals surface area contributed by atoms with Crippen LogP contribution in [0.25, 0.3) is 5.76 Å². The molecule has 0 amide bonds. The van der Waals surface area contributed by atoms with Crippen molar-refractivity contribution in [3.63, 3.8) is 0 Å². The van der Waals surface area contributed by atoms with Crippen molar-refractivity contribution in [3.8, 4) is 5.88 Å². The molecule has 0 fully saturated rings. The number of nitrogens with zero attached hydrogens (tertiary/aromatic N) is 2. The zero-order chi connectivity index (χ0) is 11.5. The van der Waals surface area contributed by atoms with E-state index in [2.05, 4.69) is 9.88 Å². The summed E-state index contributed by atoms with van der Waals surface area (Å²) in [5.74, 6) is 0.915. The van der Waals surface area contributed by atoms with Gasteiger partial charge >= 0.3 is 0 Å². The van der Waals surface area contributed by atoms with Gasteiger partial charge < -0.3 is 14.7 Å². The molecule has 0 radical (unpaired) electrons. The van der Waals surface area contributed by atoms with Crippen molar-refractivity contribution in [1.29, 1.82) is 0 Å². The van der Waals surface area contributed by atoms with Crippen molar-refractivity contribution in [3.05, 3.63) is 23.9 Å². The molecule has 0 bridgehead atoms. The van der Waals surface area contributed by atoms with Gasteiger partial charge in [-0.15, -0.1) is 0 Å². The molecule has 1 aliphatic heterocycles. The maximum atomic E-state index is 9.77. The van der Waals surface area contributed by atoms with Gasteiger partial charge in [-0.2, -0.15) is 0 Å². The van der Waals surface area contributed by atoms with Gasteiger partial charge in [0.1, 0.15) is 18.1 Å². The average molecular weight is 220 g/mol. The Bertz CT molecular complexity index is 415. The van der Waals surface area contributed by atoms with Crippen LogP contribution in [0.4, 0.5) is 5.69 Å². The van der Waals surface area contributed by atoms with Crippen molar-refractivity contribution in [2.45, 2.75) is 13.3 Å². The number of hydrogen-bond acceptors (Lipinski definition) is 4. The Morgan fingerprint density at radius 2 is 2.50 bits per heavy atom. The standard InChI is InChI=1S/C12H16N2O2/c1-3-4-11(15)9-7-10-12(13-8-9)16-6-5-14(10)2/h4,7-8,15H,3,5-6H2,1-2H3/b11-4-. The van der Waals surface area contributed by atoms with Crippen LogP contribution in [0.5, 0.6) is 5.88 Å². The van der Waals surface area contributed by atoms with Crippen LogP contribution in [0.2, 0.25) is 0 Å². The first-order valence-electron chi connectivity index (χ1n) is 5.46. The monoisotopic (exact) mass is 220 g/mol. The normalized spacial score (nSPS) is 15.6. The van der Waals surface area contributed by atoms with Crippen molar-refractivity contribution in [2.75, 3.05) is 25.1 Å². The molecule has 4 heteroatoms. The maximum Gasteiger partial charge on any atom is 0.237 e. The third-order valence-electron chi connectivity index (χ3n) is 2.60. The van der Waals surface area contributed by atoms with Gasteiger partial charge in [-0.05, 0) is 18.6 Å². The molecule has 0 saturated carbocycles. The van der Waals surface area contributed by atoms with Crippen LogP contribution in [0.1, 0.15) is 18.9 Å². The molecule has 4 nitrogen and oxygen atoms in total. The van der Waals surface area contributed by atoms with E-state index in [0.717, 1.165) is 24.2 Å². The molecule has 0 unspecified atom stereocenters. The molecule has 1 aromatic heterocycles. The summed E-state index contributed by atoms with van der Waals surface area (Å²) in [5.41, 5.74) is 1.66. The fourth-order valence-electron chi connectivity index (χ4n) is 1.68. The Morgan fingerprint density at radius 1 is 1.69 bits per heavy atom. The van der Waals surface area contributed by atoms with Gasteiger partial charge in [-0.1, -0.05) is 6.92 Å². The number of anilines is 1. The first kappa shape index (κ1) is 10.8. The van der Waals surface area contributed by atoms with Crippen molar-refractivity contribution in [1.82, 2.24) is 4.98 Å². The summed E-state index contributed by atoms with van der Waals surface area (Å²) in [6.07, 6.45) is 4.21. The highest BCUT2D eigenvalue weighted by Gasteiger charge is 2.17. The summed E-state index contributed by atoms with van der Waals surface area (Å²) < 4.78 is 5.43. The summed E-state index contributed by atoms with van der Waals surface area (Å²) in [4.78, 5) is 6.29. The van der Waals surface area contributed by atoms with Gasteiger partial charge in [0.15, 0.2) is 0 Å². The van der Waals surface area contributed by atoms with Crippen LogP contribution in [0.15, 0.2) is 18.3 Å².